The highest BCUT2D eigenvalue weighted by molar-refractivity contribution is 7.09. The van der Waals surface area contributed by atoms with E-state index in [1.54, 1.807) is 18.4 Å². The van der Waals surface area contributed by atoms with Gasteiger partial charge in [0.25, 0.3) is 5.91 Å². The number of rotatable bonds is 7. The van der Waals surface area contributed by atoms with E-state index < -0.39 is 0 Å². The molecule has 1 aliphatic heterocycles. The van der Waals surface area contributed by atoms with Crippen molar-refractivity contribution in [2.24, 2.45) is 0 Å². The van der Waals surface area contributed by atoms with Crippen molar-refractivity contribution in [2.75, 3.05) is 26.9 Å². The summed E-state index contributed by atoms with van der Waals surface area (Å²) in [5.41, 5.74) is 0. The lowest BCUT2D eigenvalue weighted by Gasteiger charge is -2.34. The van der Waals surface area contributed by atoms with Gasteiger partial charge in [0.15, 0.2) is 6.61 Å². The second kappa shape index (κ2) is 8.87. The van der Waals surface area contributed by atoms with Crippen molar-refractivity contribution in [2.45, 2.75) is 25.4 Å². The first-order valence-corrected chi connectivity index (χ1v) is 9.30. The maximum atomic E-state index is 12.8. The van der Waals surface area contributed by atoms with Gasteiger partial charge in [-0.15, -0.1) is 11.3 Å². The number of hydrogen-bond donors (Lipinski definition) is 0. The van der Waals surface area contributed by atoms with E-state index in [0.717, 1.165) is 18.6 Å². The molecule has 1 saturated heterocycles. The maximum absolute atomic E-state index is 12.8. The Labute approximate surface area is 152 Å². The minimum atomic E-state index is 0.0103. The van der Waals surface area contributed by atoms with Crippen molar-refractivity contribution in [3.05, 3.63) is 46.7 Å². The Kier molecular flexibility index (Phi) is 6.30. The lowest BCUT2D eigenvalue weighted by Crippen LogP contribution is -2.44. The minimum Gasteiger partial charge on any atom is -0.497 e. The number of ether oxygens (including phenoxy) is 3. The van der Waals surface area contributed by atoms with E-state index in [-0.39, 0.29) is 18.6 Å². The predicted molar refractivity (Wildman–Crippen MR) is 97.2 cm³/mol. The zero-order valence-corrected chi connectivity index (χ0v) is 15.2. The van der Waals surface area contributed by atoms with Gasteiger partial charge in [0.05, 0.1) is 13.7 Å². The summed E-state index contributed by atoms with van der Waals surface area (Å²) in [5.74, 6) is 1.44. The molecule has 25 heavy (non-hydrogen) atoms. The summed E-state index contributed by atoms with van der Waals surface area (Å²) in [6.45, 7) is 2.08. The molecule has 0 unspecified atom stereocenters. The topological polar surface area (TPSA) is 48.0 Å². The summed E-state index contributed by atoms with van der Waals surface area (Å²) < 4.78 is 16.3. The highest BCUT2D eigenvalue weighted by Gasteiger charge is 2.26. The summed E-state index contributed by atoms with van der Waals surface area (Å²) in [6, 6.07) is 11.6. The summed E-state index contributed by atoms with van der Waals surface area (Å²) in [6.07, 6.45) is 1.75. The minimum absolute atomic E-state index is 0.0103. The number of hydrogen-bond acceptors (Lipinski definition) is 5. The molecule has 2 aromatic rings. The summed E-state index contributed by atoms with van der Waals surface area (Å²) >= 11 is 1.67. The Balaban J connectivity index is 1.62. The first-order valence-electron chi connectivity index (χ1n) is 8.42. The number of thiophene rings is 1. The summed E-state index contributed by atoms with van der Waals surface area (Å²) in [5, 5.41) is 2.04. The number of carbonyl (C=O) groups is 1. The fraction of sp³-hybridized carbons (Fsp3) is 0.421. The molecule has 1 amide bonds. The molecule has 0 saturated carbocycles. The van der Waals surface area contributed by atoms with Crippen LogP contribution in [0.1, 0.15) is 17.7 Å². The average Bonchev–Trinajstić information content (AvgIpc) is 3.18. The zero-order chi connectivity index (χ0) is 17.5. The van der Waals surface area contributed by atoms with Crippen LogP contribution in [-0.2, 0) is 16.1 Å². The van der Waals surface area contributed by atoms with Gasteiger partial charge in [0, 0.05) is 24.1 Å². The third-order valence-electron chi connectivity index (χ3n) is 4.28. The molecule has 0 N–H and O–H groups in total. The summed E-state index contributed by atoms with van der Waals surface area (Å²) in [7, 11) is 1.62. The predicted octanol–water partition coefficient (Wildman–Crippen LogP) is 3.34. The van der Waals surface area contributed by atoms with Gasteiger partial charge in [-0.1, -0.05) is 6.07 Å². The quantitative estimate of drug-likeness (QED) is 0.759. The van der Waals surface area contributed by atoms with Crippen LogP contribution in [0.25, 0.3) is 0 Å². The van der Waals surface area contributed by atoms with Gasteiger partial charge in [-0.25, -0.2) is 0 Å². The van der Waals surface area contributed by atoms with Crippen LogP contribution in [-0.4, -0.2) is 43.8 Å². The van der Waals surface area contributed by atoms with E-state index in [2.05, 4.69) is 6.07 Å². The van der Waals surface area contributed by atoms with E-state index in [1.165, 1.54) is 4.88 Å². The molecule has 0 spiro atoms. The highest BCUT2D eigenvalue weighted by atomic mass is 32.1. The van der Waals surface area contributed by atoms with Crippen LogP contribution in [0.15, 0.2) is 41.8 Å². The number of carbonyl (C=O) groups excluding carboxylic acids is 1. The molecule has 0 atom stereocenters. The van der Waals surface area contributed by atoms with Crippen molar-refractivity contribution in [1.29, 1.82) is 0 Å². The molecule has 2 heterocycles. The van der Waals surface area contributed by atoms with Crippen LogP contribution in [0, 0.1) is 0 Å². The van der Waals surface area contributed by atoms with Crippen LogP contribution in [0.4, 0.5) is 0 Å². The molecular weight excluding hydrogens is 338 g/mol. The smallest absolute Gasteiger partial charge is 0.261 e. The highest BCUT2D eigenvalue weighted by Crippen LogP contribution is 2.21. The van der Waals surface area contributed by atoms with Gasteiger partial charge in [0.2, 0.25) is 0 Å². The van der Waals surface area contributed by atoms with Gasteiger partial charge < -0.3 is 19.1 Å². The largest absolute Gasteiger partial charge is 0.497 e. The fourth-order valence-electron chi connectivity index (χ4n) is 2.89. The Hall–Kier alpha value is -2.05. The van der Waals surface area contributed by atoms with E-state index in [0.29, 0.717) is 25.5 Å². The number of benzene rings is 1. The first-order chi connectivity index (χ1) is 12.3. The van der Waals surface area contributed by atoms with Crippen molar-refractivity contribution >= 4 is 17.2 Å². The molecule has 3 rings (SSSR count). The molecule has 1 aromatic carbocycles. The van der Waals surface area contributed by atoms with Crippen LogP contribution in [0.5, 0.6) is 11.5 Å². The zero-order valence-electron chi connectivity index (χ0n) is 14.3. The Morgan fingerprint density at radius 2 is 1.92 bits per heavy atom. The van der Waals surface area contributed by atoms with Crippen LogP contribution in [0.2, 0.25) is 0 Å². The molecular formula is C19H23NO4S. The van der Waals surface area contributed by atoms with Crippen LogP contribution in [0.3, 0.4) is 0 Å². The molecule has 6 heteroatoms. The monoisotopic (exact) mass is 361 g/mol. The molecule has 5 nitrogen and oxygen atoms in total. The molecule has 1 fully saturated rings. The lowest BCUT2D eigenvalue weighted by atomic mass is 10.1. The molecule has 1 aromatic heterocycles. The molecule has 0 aliphatic carbocycles. The van der Waals surface area contributed by atoms with E-state index in [4.69, 9.17) is 14.2 Å². The second-order valence-corrected chi connectivity index (χ2v) is 6.94. The Morgan fingerprint density at radius 1 is 1.20 bits per heavy atom. The molecule has 0 bridgehead atoms. The third-order valence-corrected chi connectivity index (χ3v) is 5.14. The number of amides is 1. The standard InChI is InChI=1S/C19H23NO4S/c1-22-16-4-6-17(7-5-16)24-14-19(21)20(13-18-3-2-12-25-18)15-8-10-23-11-9-15/h2-7,12,15H,8-11,13-14H2,1H3. The van der Waals surface area contributed by atoms with Gasteiger partial charge >= 0.3 is 0 Å². The molecule has 1 aliphatic rings. The first kappa shape index (κ1) is 17.8. The van der Waals surface area contributed by atoms with Crippen LogP contribution >= 0.6 is 11.3 Å². The number of methoxy groups -OCH3 is 1. The van der Waals surface area contributed by atoms with E-state index in [9.17, 15) is 4.79 Å². The average molecular weight is 361 g/mol. The fourth-order valence-corrected chi connectivity index (χ4v) is 3.59. The van der Waals surface area contributed by atoms with Gasteiger partial charge in [0.1, 0.15) is 11.5 Å². The van der Waals surface area contributed by atoms with Gasteiger partial charge in [-0.3, -0.25) is 4.79 Å². The Bertz CT molecular complexity index is 651. The molecule has 0 radical (unpaired) electrons. The SMILES string of the molecule is COc1ccc(OCC(=O)N(Cc2cccs2)C2CCOCC2)cc1. The van der Waals surface area contributed by atoms with Crippen molar-refractivity contribution in [3.8, 4) is 11.5 Å². The van der Waals surface area contributed by atoms with Crippen molar-refractivity contribution in [3.63, 3.8) is 0 Å². The Morgan fingerprint density at radius 3 is 2.56 bits per heavy atom. The molecule has 134 valence electrons. The second-order valence-electron chi connectivity index (χ2n) is 5.91. The van der Waals surface area contributed by atoms with Crippen molar-refractivity contribution < 1.29 is 19.0 Å². The van der Waals surface area contributed by atoms with Crippen LogP contribution < -0.4 is 9.47 Å². The normalized spacial score (nSPS) is 14.9. The van der Waals surface area contributed by atoms with Gasteiger partial charge in [-0.2, -0.15) is 0 Å². The van der Waals surface area contributed by atoms with E-state index in [1.807, 2.05) is 40.6 Å². The number of nitrogens with zero attached hydrogens (tertiary/aromatic N) is 1. The lowest BCUT2D eigenvalue weighted by molar-refractivity contribution is -0.138. The van der Waals surface area contributed by atoms with Crippen molar-refractivity contribution in [1.82, 2.24) is 4.90 Å². The maximum Gasteiger partial charge on any atom is 0.261 e. The third kappa shape index (κ3) is 4.96. The van der Waals surface area contributed by atoms with E-state index >= 15 is 0 Å². The van der Waals surface area contributed by atoms with Gasteiger partial charge in [-0.05, 0) is 48.6 Å². The summed E-state index contributed by atoms with van der Waals surface area (Å²) in [4.78, 5) is 15.9.